The molecule has 0 saturated heterocycles. The first-order chi connectivity index (χ1) is 17.9. The van der Waals surface area contributed by atoms with Crippen molar-refractivity contribution in [3.05, 3.63) is 77.5 Å². The molecule has 3 heterocycles. The molecule has 0 aliphatic rings. The number of H-pyrrole nitrogens is 1. The fourth-order valence-corrected chi connectivity index (χ4v) is 3.41. The van der Waals surface area contributed by atoms with Crippen LogP contribution in [0.1, 0.15) is 54.3 Å². The molecule has 0 fully saturated rings. The maximum Gasteiger partial charge on any atom is 0.422 e. The van der Waals surface area contributed by atoms with E-state index in [4.69, 9.17) is 5.73 Å². The number of aryl methyl sites for hydroxylation is 1. The zero-order valence-corrected chi connectivity index (χ0v) is 21.6. The Balaban J connectivity index is 0.000000230. The van der Waals surface area contributed by atoms with E-state index < -0.39 is 24.6 Å². The van der Waals surface area contributed by atoms with Crippen LogP contribution >= 0.6 is 0 Å². The first-order valence-corrected chi connectivity index (χ1v) is 12.0. The minimum absolute atomic E-state index is 0.0475. The van der Waals surface area contributed by atoms with Gasteiger partial charge in [0, 0.05) is 29.7 Å². The number of rotatable bonds is 8. The van der Waals surface area contributed by atoms with Crippen LogP contribution in [0.5, 0.6) is 5.88 Å². The Morgan fingerprint density at radius 2 is 1.87 bits per heavy atom. The van der Waals surface area contributed by atoms with Crippen molar-refractivity contribution in [1.82, 2.24) is 19.9 Å². The molecule has 1 amide bonds. The number of benzene rings is 1. The predicted molar refractivity (Wildman–Crippen MR) is 140 cm³/mol. The highest BCUT2D eigenvalue weighted by molar-refractivity contribution is 5.90. The average Bonchev–Trinajstić information content (AvgIpc) is 3.28. The van der Waals surface area contributed by atoms with Crippen molar-refractivity contribution in [1.29, 1.82) is 0 Å². The highest BCUT2D eigenvalue weighted by Crippen LogP contribution is 2.23. The summed E-state index contributed by atoms with van der Waals surface area (Å²) in [5.41, 5.74) is 8.11. The fourth-order valence-electron chi connectivity index (χ4n) is 3.41. The van der Waals surface area contributed by atoms with Crippen molar-refractivity contribution < 1.29 is 22.7 Å². The van der Waals surface area contributed by atoms with Crippen LogP contribution in [0.25, 0.3) is 10.9 Å². The molecule has 3 aromatic heterocycles. The van der Waals surface area contributed by atoms with Crippen LogP contribution in [0, 0.1) is 12.8 Å². The number of aromatic amines is 1. The van der Waals surface area contributed by atoms with Crippen LogP contribution in [0.2, 0.25) is 0 Å². The molecular formula is C27H31F3N6O2. The Kier molecular flexibility index (Phi) is 9.27. The second kappa shape index (κ2) is 12.4. The van der Waals surface area contributed by atoms with Gasteiger partial charge in [-0.05, 0) is 49.6 Å². The second-order valence-electron chi connectivity index (χ2n) is 9.24. The number of halogens is 3. The lowest BCUT2D eigenvalue weighted by Crippen LogP contribution is -2.20. The van der Waals surface area contributed by atoms with E-state index in [9.17, 15) is 18.0 Å². The zero-order chi connectivity index (χ0) is 27.9. The van der Waals surface area contributed by atoms with Crippen molar-refractivity contribution in [2.75, 3.05) is 18.5 Å². The highest BCUT2D eigenvalue weighted by Gasteiger charge is 2.28. The lowest BCUT2D eigenvalue weighted by molar-refractivity contribution is -0.154. The number of nitrogens with two attached hydrogens (primary N) is 1. The lowest BCUT2D eigenvalue weighted by Gasteiger charge is -2.12. The number of pyridine rings is 1. The van der Waals surface area contributed by atoms with Gasteiger partial charge in [-0.2, -0.15) is 13.2 Å². The summed E-state index contributed by atoms with van der Waals surface area (Å²) in [4.78, 5) is 26.6. The molecule has 0 bridgehead atoms. The Morgan fingerprint density at radius 1 is 1.11 bits per heavy atom. The van der Waals surface area contributed by atoms with Crippen molar-refractivity contribution in [2.45, 2.75) is 39.8 Å². The number of carbonyl (C=O) groups excluding carboxylic acids is 1. The quantitative estimate of drug-likeness (QED) is 0.274. The topological polar surface area (TPSA) is 119 Å². The number of amides is 1. The number of carbonyl (C=O) groups is 1. The molecule has 202 valence electrons. The Labute approximate surface area is 218 Å². The van der Waals surface area contributed by atoms with Gasteiger partial charge in [-0.15, -0.1) is 0 Å². The van der Waals surface area contributed by atoms with E-state index in [0.29, 0.717) is 11.6 Å². The van der Waals surface area contributed by atoms with Gasteiger partial charge in [-0.3, -0.25) is 4.79 Å². The number of hydrogen-bond donors (Lipinski definition) is 3. The first kappa shape index (κ1) is 28.4. The van der Waals surface area contributed by atoms with Gasteiger partial charge >= 0.3 is 6.18 Å². The number of nitrogens with zero attached hydrogens (tertiary/aromatic N) is 3. The number of primary amides is 1. The van der Waals surface area contributed by atoms with E-state index in [0.717, 1.165) is 12.4 Å². The average molecular weight is 529 g/mol. The van der Waals surface area contributed by atoms with E-state index in [2.05, 4.69) is 75.0 Å². The van der Waals surface area contributed by atoms with Gasteiger partial charge in [0.05, 0.1) is 11.6 Å². The fraction of sp³-hybridized carbons (Fsp3) is 0.333. The standard InChI is InChI=1S/C14H13F3N4O2.C13H18N2/c1-8(13-19-6-5-10(21-13)12(18)22)9-3-2-4-11(20-9)23-7-14(15,16)17;1-9(2)8-14-13-7-11-5-4-10(3)6-12(11)15-13/h2-6,8H,7H2,1H3,(H2,18,22);4-7,9,14-15H,8H2,1-3H3. The third-order valence-corrected chi connectivity index (χ3v) is 5.37. The van der Waals surface area contributed by atoms with Crippen LogP contribution < -0.4 is 15.8 Å². The van der Waals surface area contributed by atoms with E-state index in [1.54, 1.807) is 13.0 Å². The largest absolute Gasteiger partial charge is 0.468 e. The smallest absolute Gasteiger partial charge is 0.422 e. The lowest BCUT2D eigenvalue weighted by atomic mass is 10.1. The number of alkyl halides is 3. The third-order valence-electron chi connectivity index (χ3n) is 5.37. The van der Waals surface area contributed by atoms with Crippen LogP contribution in [-0.4, -0.2) is 45.2 Å². The molecule has 38 heavy (non-hydrogen) atoms. The van der Waals surface area contributed by atoms with Crippen molar-refractivity contribution in [3.63, 3.8) is 0 Å². The molecule has 8 nitrogen and oxygen atoms in total. The molecule has 0 saturated carbocycles. The molecule has 1 aromatic carbocycles. The molecular weight excluding hydrogens is 497 g/mol. The molecule has 0 aliphatic carbocycles. The van der Waals surface area contributed by atoms with E-state index in [1.165, 1.54) is 40.9 Å². The van der Waals surface area contributed by atoms with E-state index in [1.807, 2.05) is 0 Å². The summed E-state index contributed by atoms with van der Waals surface area (Å²) in [5, 5.41) is 4.67. The van der Waals surface area contributed by atoms with Gasteiger partial charge in [-0.1, -0.05) is 32.0 Å². The summed E-state index contributed by atoms with van der Waals surface area (Å²) in [6, 6.07) is 14.4. The molecule has 4 rings (SSSR count). The summed E-state index contributed by atoms with van der Waals surface area (Å²) >= 11 is 0. The van der Waals surface area contributed by atoms with Crippen molar-refractivity contribution in [3.8, 4) is 5.88 Å². The molecule has 1 atom stereocenters. The van der Waals surface area contributed by atoms with Crippen molar-refractivity contribution in [2.24, 2.45) is 11.7 Å². The van der Waals surface area contributed by atoms with Gasteiger partial charge < -0.3 is 20.8 Å². The SMILES string of the molecule is CC(c1cccc(OCC(F)(F)F)n1)c1nccc(C(N)=O)n1.Cc1ccc2cc(NCC(C)C)[nH]c2c1. The minimum atomic E-state index is -4.44. The van der Waals surface area contributed by atoms with Crippen LogP contribution in [0.15, 0.2) is 54.7 Å². The van der Waals surface area contributed by atoms with Crippen LogP contribution in [0.3, 0.4) is 0 Å². The Bertz CT molecular complexity index is 1370. The van der Waals surface area contributed by atoms with Gasteiger partial charge in [0.15, 0.2) is 6.61 Å². The summed E-state index contributed by atoms with van der Waals surface area (Å²) in [7, 11) is 0. The van der Waals surface area contributed by atoms with Gasteiger partial charge in [0.25, 0.3) is 5.91 Å². The number of aromatic nitrogens is 4. The number of nitrogens with one attached hydrogen (secondary N) is 2. The molecule has 1 unspecified atom stereocenters. The predicted octanol–water partition coefficient (Wildman–Crippen LogP) is 5.61. The second-order valence-corrected chi connectivity index (χ2v) is 9.24. The minimum Gasteiger partial charge on any atom is -0.468 e. The molecule has 0 spiro atoms. The summed E-state index contributed by atoms with van der Waals surface area (Å²) in [6.07, 6.45) is -3.06. The number of fused-ring (bicyclic) bond motifs is 1. The molecule has 0 radical (unpaired) electrons. The molecule has 4 aromatic rings. The highest BCUT2D eigenvalue weighted by atomic mass is 19.4. The molecule has 4 N–H and O–H groups in total. The van der Waals surface area contributed by atoms with E-state index in [-0.39, 0.29) is 17.4 Å². The molecule has 0 aliphatic heterocycles. The van der Waals surface area contributed by atoms with Crippen LogP contribution in [0.4, 0.5) is 19.0 Å². The normalized spacial score (nSPS) is 12.1. The maximum absolute atomic E-state index is 12.2. The third kappa shape index (κ3) is 8.46. The van der Waals surface area contributed by atoms with Gasteiger partial charge in [-0.25, -0.2) is 15.0 Å². The number of hydrogen-bond acceptors (Lipinski definition) is 6. The first-order valence-electron chi connectivity index (χ1n) is 12.0. The van der Waals surface area contributed by atoms with Crippen LogP contribution in [-0.2, 0) is 0 Å². The number of ether oxygens (including phenoxy) is 1. The molecule has 11 heteroatoms. The zero-order valence-electron chi connectivity index (χ0n) is 21.6. The monoisotopic (exact) mass is 528 g/mol. The van der Waals surface area contributed by atoms with Gasteiger partial charge in [0.2, 0.25) is 5.88 Å². The Morgan fingerprint density at radius 3 is 2.55 bits per heavy atom. The summed E-state index contributed by atoms with van der Waals surface area (Å²) in [6.45, 7) is 7.81. The maximum atomic E-state index is 12.2. The number of anilines is 1. The summed E-state index contributed by atoms with van der Waals surface area (Å²) < 4.78 is 41.1. The summed E-state index contributed by atoms with van der Waals surface area (Å²) in [5.74, 6) is 0.752. The van der Waals surface area contributed by atoms with Crippen molar-refractivity contribution >= 4 is 22.6 Å². The Hall–Kier alpha value is -4.15. The van der Waals surface area contributed by atoms with E-state index >= 15 is 0 Å². The van der Waals surface area contributed by atoms with Gasteiger partial charge in [0.1, 0.15) is 17.3 Å².